The first-order valence-corrected chi connectivity index (χ1v) is 11.3. The molecule has 1 aromatic heterocycles. The number of ether oxygens (including phenoxy) is 2. The Balaban J connectivity index is 1.28. The Hall–Kier alpha value is -1.32. The molecule has 7 nitrogen and oxygen atoms in total. The number of rotatable bonds is 10. The predicted molar refractivity (Wildman–Crippen MR) is 115 cm³/mol. The number of nitrogens with one attached hydrogen (secondary N) is 1. The third kappa shape index (κ3) is 4.48. The van der Waals surface area contributed by atoms with Gasteiger partial charge in [0, 0.05) is 77.2 Å². The van der Waals surface area contributed by atoms with Gasteiger partial charge >= 0.3 is 0 Å². The first kappa shape index (κ1) is 21.9. The van der Waals surface area contributed by atoms with E-state index in [4.69, 9.17) is 9.47 Å². The molecule has 0 spiro atoms. The fraction of sp³-hybridized carbons (Fsp3) is 0.773. The second-order valence-corrected chi connectivity index (χ2v) is 8.95. The lowest BCUT2D eigenvalue weighted by Gasteiger charge is -2.49. The van der Waals surface area contributed by atoms with Gasteiger partial charge < -0.3 is 19.7 Å². The van der Waals surface area contributed by atoms with E-state index >= 15 is 0 Å². The highest BCUT2D eigenvalue weighted by atomic mass is 19.1. The molecule has 4 rings (SSSR count). The van der Waals surface area contributed by atoms with E-state index in [9.17, 15) is 4.39 Å². The summed E-state index contributed by atoms with van der Waals surface area (Å²) < 4.78 is 25.2. The molecule has 1 aromatic rings. The maximum atomic E-state index is 14.5. The molecule has 4 heterocycles. The first-order chi connectivity index (χ1) is 14.5. The van der Waals surface area contributed by atoms with Gasteiger partial charge in [-0.1, -0.05) is 0 Å². The smallest absolute Gasteiger partial charge is 0.169 e. The summed E-state index contributed by atoms with van der Waals surface area (Å²) in [6, 6.07) is 5.78. The summed E-state index contributed by atoms with van der Waals surface area (Å²) in [6.07, 6.45) is 1.00. The van der Waals surface area contributed by atoms with Crippen LogP contribution in [0.2, 0.25) is 0 Å². The van der Waals surface area contributed by atoms with Gasteiger partial charge in [-0.05, 0) is 39.3 Å². The van der Waals surface area contributed by atoms with Crippen LogP contribution in [0.1, 0.15) is 32.9 Å². The molecule has 1 N–H and O–H groups in total. The van der Waals surface area contributed by atoms with Crippen molar-refractivity contribution in [1.82, 2.24) is 20.1 Å². The van der Waals surface area contributed by atoms with Crippen LogP contribution in [0, 0.1) is 5.82 Å². The van der Waals surface area contributed by atoms with Gasteiger partial charge in [-0.2, -0.15) is 0 Å². The van der Waals surface area contributed by atoms with Crippen molar-refractivity contribution in [1.29, 1.82) is 0 Å². The van der Waals surface area contributed by atoms with Crippen LogP contribution in [-0.2, 0) is 16.0 Å². The average Bonchev–Trinajstić information content (AvgIpc) is 3.29. The minimum atomic E-state index is -0.284. The van der Waals surface area contributed by atoms with Gasteiger partial charge in [-0.15, -0.1) is 0 Å². The Morgan fingerprint density at radius 2 is 1.97 bits per heavy atom. The minimum Gasteiger partial charge on any atom is -0.355 e. The van der Waals surface area contributed by atoms with E-state index in [1.54, 1.807) is 13.2 Å². The lowest BCUT2D eigenvalue weighted by Crippen LogP contribution is -2.64. The summed E-state index contributed by atoms with van der Waals surface area (Å²) in [6.45, 7) is 12.3. The van der Waals surface area contributed by atoms with Crippen LogP contribution in [0.4, 0.5) is 10.2 Å². The molecule has 3 aliphatic heterocycles. The highest BCUT2D eigenvalue weighted by Crippen LogP contribution is 2.36. The molecule has 0 amide bonds. The number of piperazine rings is 1. The normalized spacial score (nSPS) is 26.0. The number of anilines is 1. The number of likely N-dealkylation sites (tertiary alicyclic amines) is 2. The summed E-state index contributed by atoms with van der Waals surface area (Å²) in [5, 5.41) is 3.28. The molecule has 3 atom stereocenters. The maximum Gasteiger partial charge on any atom is 0.169 e. The number of aromatic nitrogens is 1. The topological polar surface area (TPSA) is 53.1 Å². The van der Waals surface area contributed by atoms with E-state index in [0.29, 0.717) is 49.7 Å². The first-order valence-electron chi connectivity index (χ1n) is 11.3. The SMILES string of the molecule is CCOC(CNCc1ccc(F)c(N2CC(N3C[C@@H]4CC3CN4C(C)C)C2)n1)OC. The lowest BCUT2D eigenvalue weighted by atomic mass is 10.0. The molecule has 0 saturated carbocycles. The third-order valence-corrected chi connectivity index (χ3v) is 6.74. The van der Waals surface area contributed by atoms with E-state index in [1.165, 1.54) is 19.0 Å². The zero-order chi connectivity index (χ0) is 21.3. The molecule has 0 aromatic carbocycles. The second kappa shape index (κ2) is 9.44. The van der Waals surface area contributed by atoms with Crippen LogP contribution in [0.3, 0.4) is 0 Å². The Morgan fingerprint density at radius 3 is 2.60 bits per heavy atom. The van der Waals surface area contributed by atoms with E-state index in [2.05, 4.69) is 38.8 Å². The fourth-order valence-electron chi connectivity index (χ4n) is 5.15. The minimum absolute atomic E-state index is 0.241. The average molecular weight is 422 g/mol. The summed E-state index contributed by atoms with van der Waals surface area (Å²) in [5.74, 6) is 0.238. The van der Waals surface area contributed by atoms with Crippen LogP contribution in [0.5, 0.6) is 0 Å². The maximum absolute atomic E-state index is 14.5. The largest absolute Gasteiger partial charge is 0.355 e. The third-order valence-electron chi connectivity index (χ3n) is 6.74. The van der Waals surface area contributed by atoms with Crippen molar-refractivity contribution in [3.63, 3.8) is 0 Å². The summed E-state index contributed by atoms with van der Waals surface area (Å²) in [7, 11) is 1.63. The number of hydrogen-bond donors (Lipinski definition) is 1. The standard InChI is InChI=1S/C22H36FN5O2/c1-5-30-21(29-4)10-24-9-16-6-7-20(23)22(25-16)26-11-19(12-26)28-14-17-8-18(28)13-27(17)15(2)3/h6-7,15,17-19,21,24H,5,8-14H2,1-4H3/t17-,18?,21?/m0/s1. The van der Waals surface area contributed by atoms with Crippen molar-refractivity contribution in [2.45, 2.75) is 64.2 Å². The molecule has 0 radical (unpaired) electrons. The van der Waals surface area contributed by atoms with Gasteiger partial charge in [-0.25, -0.2) is 9.37 Å². The van der Waals surface area contributed by atoms with Crippen LogP contribution in [0.25, 0.3) is 0 Å². The summed E-state index contributed by atoms with van der Waals surface area (Å²) >= 11 is 0. The Labute approximate surface area is 179 Å². The molecular formula is C22H36FN5O2. The highest BCUT2D eigenvalue weighted by molar-refractivity contribution is 5.45. The van der Waals surface area contributed by atoms with Crippen LogP contribution in [0.15, 0.2) is 12.1 Å². The molecule has 8 heteroatoms. The van der Waals surface area contributed by atoms with Crippen molar-refractivity contribution >= 4 is 5.82 Å². The Bertz CT molecular complexity index is 715. The molecule has 2 unspecified atom stereocenters. The van der Waals surface area contributed by atoms with Crippen molar-refractivity contribution in [2.75, 3.05) is 51.3 Å². The number of halogens is 1. The Morgan fingerprint density at radius 1 is 1.17 bits per heavy atom. The molecule has 0 aliphatic carbocycles. The predicted octanol–water partition coefficient (Wildman–Crippen LogP) is 1.67. The summed E-state index contributed by atoms with van der Waals surface area (Å²) in [5.41, 5.74) is 0.828. The van der Waals surface area contributed by atoms with E-state index in [1.807, 2.05) is 6.92 Å². The van der Waals surface area contributed by atoms with Gasteiger partial charge in [-0.3, -0.25) is 9.80 Å². The fourth-order valence-corrected chi connectivity index (χ4v) is 5.15. The highest BCUT2D eigenvalue weighted by Gasteiger charge is 2.48. The lowest BCUT2D eigenvalue weighted by molar-refractivity contribution is -0.117. The van der Waals surface area contributed by atoms with Crippen molar-refractivity contribution < 1.29 is 13.9 Å². The summed E-state index contributed by atoms with van der Waals surface area (Å²) in [4.78, 5) is 12.0. The molecule has 168 valence electrons. The second-order valence-electron chi connectivity index (χ2n) is 8.95. The van der Waals surface area contributed by atoms with E-state index < -0.39 is 0 Å². The Kier molecular flexibility index (Phi) is 6.89. The van der Waals surface area contributed by atoms with Crippen LogP contribution < -0.4 is 10.2 Å². The molecular weight excluding hydrogens is 385 g/mol. The van der Waals surface area contributed by atoms with Crippen LogP contribution in [-0.4, -0.2) is 91.7 Å². The number of nitrogens with zero attached hydrogens (tertiary/aromatic N) is 4. The van der Waals surface area contributed by atoms with Crippen molar-refractivity contribution in [3.8, 4) is 0 Å². The van der Waals surface area contributed by atoms with Gasteiger partial charge in [0.1, 0.15) is 0 Å². The molecule has 3 aliphatic rings. The van der Waals surface area contributed by atoms with Crippen molar-refractivity contribution in [2.24, 2.45) is 0 Å². The van der Waals surface area contributed by atoms with Gasteiger partial charge in [0.15, 0.2) is 17.9 Å². The molecule has 3 saturated heterocycles. The van der Waals surface area contributed by atoms with Crippen LogP contribution >= 0.6 is 0 Å². The number of hydrogen-bond acceptors (Lipinski definition) is 7. The van der Waals surface area contributed by atoms with E-state index in [0.717, 1.165) is 25.3 Å². The zero-order valence-electron chi connectivity index (χ0n) is 18.7. The molecule has 3 fully saturated rings. The molecule has 30 heavy (non-hydrogen) atoms. The van der Waals surface area contributed by atoms with E-state index in [-0.39, 0.29) is 12.1 Å². The quantitative estimate of drug-likeness (QED) is 0.577. The monoisotopic (exact) mass is 421 g/mol. The van der Waals surface area contributed by atoms with Gasteiger partial charge in [0.2, 0.25) is 0 Å². The van der Waals surface area contributed by atoms with Crippen molar-refractivity contribution in [3.05, 3.63) is 23.6 Å². The van der Waals surface area contributed by atoms with Gasteiger partial charge in [0.05, 0.1) is 5.69 Å². The molecule has 2 bridgehead atoms. The number of fused-ring (bicyclic) bond motifs is 2. The zero-order valence-corrected chi connectivity index (χ0v) is 18.7. The number of methoxy groups -OCH3 is 1. The van der Waals surface area contributed by atoms with Gasteiger partial charge in [0.25, 0.3) is 0 Å². The number of pyridine rings is 1.